The molecule has 0 fully saturated rings. The van der Waals surface area contributed by atoms with Crippen LogP contribution in [0.1, 0.15) is 34.5 Å². The van der Waals surface area contributed by atoms with Gasteiger partial charge in [-0.2, -0.15) is 0 Å². The van der Waals surface area contributed by atoms with E-state index in [0.717, 1.165) is 11.3 Å². The average molecular weight is 498 g/mol. The van der Waals surface area contributed by atoms with Gasteiger partial charge in [-0.05, 0) is 49.9 Å². The van der Waals surface area contributed by atoms with Crippen molar-refractivity contribution in [1.29, 1.82) is 0 Å². The van der Waals surface area contributed by atoms with Gasteiger partial charge in [0.25, 0.3) is 0 Å². The van der Waals surface area contributed by atoms with E-state index in [-0.39, 0.29) is 17.8 Å². The van der Waals surface area contributed by atoms with E-state index in [9.17, 15) is 14.7 Å². The second-order valence-corrected chi connectivity index (χ2v) is 9.20. The van der Waals surface area contributed by atoms with Crippen LogP contribution < -0.4 is 10.7 Å². The molecule has 184 valence electrons. The maximum atomic E-state index is 13.1. The molecule has 35 heavy (non-hydrogen) atoms. The molecule has 1 aromatic carbocycles. The van der Waals surface area contributed by atoms with Gasteiger partial charge in [-0.15, -0.1) is 0 Å². The fourth-order valence-corrected chi connectivity index (χ4v) is 4.10. The molecule has 9 heteroatoms. The minimum atomic E-state index is -0.776. The van der Waals surface area contributed by atoms with Crippen LogP contribution >= 0.6 is 11.6 Å². The summed E-state index contributed by atoms with van der Waals surface area (Å²) in [7, 11) is 3.62. The number of likely N-dealkylation sites (N-methyl/N-ethyl adjacent to an activating group) is 1. The number of fused-ring (bicyclic) bond motifs is 1. The molecular weight excluding hydrogens is 470 g/mol. The third kappa shape index (κ3) is 6.03. The Morgan fingerprint density at radius 3 is 2.63 bits per heavy atom. The number of furan rings is 2. The third-order valence-electron chi connectivity index (χ3n) is 5.72. The lowest BCUT2D eigenvalue weighted by atomic mass is 10.1. The van der Waals surface area contributed by atoms with Gasteiger partial charge in [0.2, 0.25) is 11.6 Å². The number of nitrogens with zero attached hydrogens (tertiary/aromatic N) is 2. The summed E-state index contributed by atoms with van der Waals surface area (Å²) in [6, 6.07) is 12.5. The molecular formula is C26H28ClN3O5. The van der Waals surface area contributed by atoms with Gasteiger partial charge >= 0.3 is 0 Å². The predicted octanol–water partition coefficient (Wildman–Crippen LogP) is 3.71. The smallest absolute Gasteiger partial charge is 0.224 e. The van der Waals surface area contributed by atoms with E-state index in [4.69, 9.17) is 20.4 Å². The molecule has 4 aromatic rings. The van der Waals surface area contributed by atoms with Crippen molar-refractivity contribution in [2.75, 3.05) is 13.6 Å². The molecule has 0 spiro atoms. The quantitative estimate of drug-likeness (QED) is 0.365. The van der Waals surface area contributed by atoms with Gasteiger partial charge < -0.3 is 23.8 Å². The topological polar surface area (TPSA) is 101 Å². The van der Waals surface area contributed by atoms with Crippen LogP contribution in [0.2, 0.25) is 5.02 Å². The molecule has 2 N–H and O–H groups in total. The lowest BCUT2D eigenvalue weighted by molar-refractivity contribution is -0.120. The van der Waals surface area contributed by atoms with Gasteiger partial charge in [0.1, 0.15) is 23.4 Å². The Morgan fingerprint density at radius 1 is 1.20 bits per heavy atom. The number of carbonyl (C=O) groups excluding carboxylic acids is 1. The lowest BCUT2D eigenvalue weighted by Crippen LogP contribution is -2.27. The second-order valence-electron chi connectivity index (χ2n) is 8.77. The monoisotopic (exact) mass is 497 g/mol. The first-order valence-electron chi connectivity index (χ1n) is 11.2. The summed E-state index contributed by atoms with van der Waals surface area (Å²) in [5.74, 6) is 1.58. The number of pyridine rings is 1. The van der Waals surface area contributed by atoms with E-state index in [1.165, 1.54) is 0 Å². The summed E-state index contributed by atoms with van der Waals surface area (Å²) < 4.78 is 13.1. The van der Waals surface area contributed by atoms with Crippen LogP contribution in [-0.2, 0) is 31.4 Å². The number of halogens is 1. The minimum Gasteiger partial charge on any atom is -0.464 e. The summed E-state index contributed by atoms with van der Waals surface area (Å²) in [6.45, 7) is 2.90. The number of aliphatic hydroxyl groups excluding tert-OH is 1. The zero-order valence-electron chi connectivity index (χ0n) is 19.9. The number of rotatable bonds is 9. The molecule has 1 atom stereocenters. The Kier molecular flexibility index (Phi) is 7.45. The Bertz CT molecular complexity index is 1390. The number of aliphatic hydroxyl groups is 1. The van der Waals surface area contributed by atoms with Gasteiger partial charge in [0.15, 0.2) is 5.43 Å². The standard InChI is InChI=1S/C26H28ClN3O5/c1-16-4-9-23(34-16)22(31)15-29(2)14-20-11-21-25(33)18(13-30(3)26(21)35-20)10-24(32)28-12-17-5-7-19(27)8-6-17/h4-9,11,13,22,31H,10,12,14-15H2,1-3H3,(H,28,32)/t22-/m0/s1. The second kappa shape index (κ2) is 10.5. The van der Waals surface area contributed by atoms with E-state index in [2.05, 4.69) is 5.32 Å². The summed E-state index contributed by atoms with van der Waals surface area (Å²) >= 11 is 5.89. The SMILES string of the molecule is Cc1ccc([C@@H](O)CN(C)Cc2cc3c(=O)c(CC(=O)NCc4ccc(Cl)cc4)cn(C)c3o2)o1. The van der Waals surface area contributed by atoms with Crippen LogP contribution in [0, 0.1) is 6.92 Å². The van der Waals surface area contributed by atoms with Gasteiger partial charge in [-0.25, -0.2) is 0 Å². The highest BCUT2D eigenvalue weighted by molar-refractivity contribution is 6.30. The van der Waals surface area contributed by atoms with Crippen LogP contribution in [0.3, 0.4) is 0 Å². The van der Waals surface area contributed by atoms with E-state index >= 15 is 0 Å². The van der Waals surface area contributed by atoms with Crippen LogP contribution in [-0.4, -0.2) is 34.1 Å². The van der Waals surface area contributed by atoms with E-state index in [0.29, 0.717) is 52.8 Å². The molecule has 1 amide bonds. The highest BCUT2D eigenvalue weighted by atomic mass is 35.5. The predicted molar refractivity (Wildman–Crippen MR) is 133 cm³/mol. The van der Waals surface area contributed by atoms with Crippen molar-refractivity contribution >= 4 is 28.6 Å². The Balaban J connectivity index is 1.42. The molecule has 0 saturated heterocycles. The number of amides is 1. The van der Waals surface area contributed by atoms with Crippen LogP contribution in [0.4, 0.5) is 0 Å². The Labute approximate surface area is 207 Å². The number of benzene rings is 1. The van der Waals surface area contributed by atoms with Gasteiger partial charge in [-0.1, -0.05) is 23.7 Å². The number of aryl methyl sites for hydroxylation is 2. The number of carbonyl (C=O) groups is 1. The van der Waals surface area contributed by atoms with Crippen molar-refractivity contribution in [3.63, 3.8) is 0 Å². The summed E-state index contributed by atoms with van der Waals surface area (Å²) in [6.07, 6.45) is 0.819. The first-order chi connectivity index (χ1) is 16.7. The molecule has 8 nitrogen and oxygen atoms in total. The molecule has 0 aliphatic heterocycles. The lowest BCUT2D eigenvalue weighted by Gasteiger charge is -2.18. The molecule has 0 saturated carbocycles. The van der Waals surface area contributed by atoms with Crippen molar-refractivity contribution in [3.05, 3.63) is 92.3 Å². The number of hydrogen-bond acceptors (Lipinski definition) is 6. The molecule has 3 heterocycles. The van der Waals surface area contributed by atoms with Crippen molar-refractivity contribution in [2.24, 2.45) is 7.05 Å². The molecule has 0 unspecified atom stereocenters. The zero-order valence-corrected chi connectivity index (χ0v) is 20.6. The first-order valence-corrected chi connectivity index (χ1v) is 11.6. The van der Waals surface area contributed by atoms with Crippen LogP contribution in [0.15, 0.2) is 62.3 Å². The van der Waals surface area contributed by atoms with E-state index < -0.39 is 6.10 Å². The summed E-state index contributed by atoms with van der Waals surface area (Å²) in [5, 5.41) is 14.3. The molecule has 0 radical (unpaired) electrons. The van der Waals surface area contributed by atoms with Crippen molar-refractivity contribution in [1.82, 2.24) is 14.8 Å². The van der Waals surface area contributed by atoms with Gasteiger partial charge in [0, 0.05) is 36.9 Å². The molecule has 0 bridgehead atoms. The maximum Gasteiger partial charge on any atom is 0.224 e. The highest BCUT2D eigenvalue weighted by Gasteiger charge is 2.18. The van der Waals surface area contributed by atoms with Crippen molar-refractivity contribution < 1.29 is 18.7 Å². The maximum absolute atomic E-state index is 13.1. The van der Waals surface area contributed by atoms with Crippen LogP contribution in [0.5, 0.6) is 0 Å². The van der Waals surface area contributed by atoms with E-state index in [1.807, 2.05) is 37.1 Å². The van der Waals surface area contributed by atoms with Gasteiger partial charge in [0.05, 0.1) is 18.4 Å². The van der Waals surface area contributed by atoms with Crippen LogP contribution in [0.25, 0.3) is 11.1 Å². The fourth-order valence-electron chi connectivity index (χ4n) is 3.97. The number of aromatic nitrogens is 1. The normalized spacial score (nSPS) is 12.4. The van der Waals surface area contributed by atoms with E-state index in [1.54, 1.807) is 42.1 Å². The zero-order chi connectivity index (χ0) is 25.1. The fraction of sp³-hybridized carbons (Fsp3) is 0.308. The number of hydrogen-bond donors (Lipinski definition) is 2. The third-order valence-corrected chi connectivity index (χ3v) is 5.98. The van der Waals surface area contributed by atoms with Crippen molar-refractivity contribution in [3.8, 4) is 0 Å². The van der Waals surface area contributed by atoms with Gasteiger partial charge in [-0.3, -0.25) is 14.5 Å². The average Bonchev–Trinajstić information content (AvgIpc) is 3.43. The Morgan fingerprint density at radius 2 is 1.94 bits per heavy atom. The minimum absolute atomic E-state index is 0.0363. The van der Waals surface area contributed by atoms with Crippen molar-refractivity contribution in [2.45, 2.75) is 32.5 Å². The summed E-state index contributed by atoms with van der Waals surface area (Å²) in [5.41, 5.74) is 1.51. The number of nitrogens with one attached hydrogen (secondary N) is 1. The summed E-state index contributed by atoms with van der Waals surface area (Å²) in [4.78, 5) is 27.4. The molecule has 0 aliphatic carbocycles. The highest BCUT2D eigenvalue weighted by Crippen LogP contribution is 2.21. The molecule has 4 rings (SSSR count). The first kappa shape index (κ1) is 24.8. The Hall–Kier alpha value is -3.33. The molecule has 3 aromatic heterocycles. The molecule has 0 aliphatic rings. The largest absolute Gasteiger partial charge is 0.464 e.